The van der Waals surface area contributed by atoms with Crippen molar-refractivity contribution in [3.8, 4) is 0 Å². The summed E-state index contributed by atoms with van der Waals surface area (Å²) in [5.74, 6) is -0.632. The molecule has 0 saturated carbocycles. The van der Waals surface area contributed by atoms with Gasteiger partial charge in [-0.05, 0) is 17.7 Å². The predicted molar refractivity (Wildman–Crippen MR) is 83.8 cm³/mol. The maximum atomic E-state index is 11.5. The van der Waals surface area contributed by atoms with Gasteiger partial charge in [0.2, 0.25) is 5.82 Å². The smallest absolute Gasteiger partial charge is 0.342 e. The Labute approximate surface area is 132 Å². The van der Waals surface area contributed by atoms with Gasteiger partial charge in [0, 0.05) is 4.47 Å². The van der Waals surface area contributed by atoms with E-state index in [1.807, 2.05) is 34.3 Å². The van der Waals surface area contributed by atoms with Gasteiger partial charge in [-0.15, -0.1) is 5.10 Å². The number of carbonyl (C=O) groups is 1. The number of rotatable bonds is 5. The van der Waals surface area contributed by atoms with E-state index < -0.39 is 17.2 Å². The number of aromatic amines is 2. The van der Waals surface area contributed by atoms with Crippen LogP contribution in [0.25, 0.3) is 0 Å². The molecule has 114 valence electrons. The minimum atomic E-state index is -0.723. The molecule has 9 nitrogen and oxygen atoms in total. The maximum absolute atomic E-state index is 11.5. The Hall–Kier alpha value is -2.75. The van der Waals surface area contributed by atoms with Crippen molar-refractivity contribution in [3.05, 3.63) is 55.1 Å². The highest BCUT2D eigenvalue weighted by Crippen LogP contribution is 2.08. The van der Waals surface area contributed by atoms with Crippen LogP contribution in [-0.2, 0) is 4.79 Å². The molecule has 1 amide bonds. The molecule has 10 heteroatoms. The van der Waals surface area contributed by atoms with Gasteiger partial charge >= 0.3 is 5.69 Å². The monoisotopic (exact) mass is 366 g/mol. The lowest BCUT2D eigenvalue weighted by atomic mass is 10.2. The van der Waals surface area contributed by atoms with E-state index in [0.717, 1.165) is 10.0 Å². The van der Waals surface area contributed by atoms with Crippen LogP contribution < -0.4 is 22.0 Å². The van der Waals surface area contributed by atoms with E-state index in [1.54, 1.807) is 0 Å². The van der Waals surface area contributed by atoms with Crippen LogP contribution in [0, 0.1) is 0 Å². The third kappa shape index (κ3) is 4.66. The number of H-pyrrole nitrogens is 2. The number of nitrogens with zero attached hydrogens (tertiary/aromatic N) is 2. The highest BCUT2D eigenvalue weighted by atomic mass is 79.9. The standard InChI is InChI=1S/C12H11BrN6O3/c13-8-3-1-7(2-4-8)5-15-17-9(20)6-14-10-11(21)16-12(22)19-18-10/h1-5H,6H2,(H,14,18)(H,17,20)(H2,16,19,21,22)/b15-5+. The summed E-state index contributed by atoms with van der Waals surface area (Å²) in [6.45, 7) is -0.222. The average Bonchev–Trinajstić information content (AvgIpc) is 2.48. The first-order valence-corrected chi connectivity index (χ1v) is 6.84. The van der Waals surface area contributed by atoms with Crippen LogP contribution >= 0.6 is 15.9 Å². The molecule has 1 aromatic heterocycles. The van der Waals surface area contributed by atoms with Crippen molar-refractivity contribution in [2.75, 3.05) is 11.9 Å². The molecular formula is C12H11BrN6O3. The van der Waals surface area contributed by atoms with Crippen molar-refractivity contribution in [2.45, 2.75) is 0 Å². The normalized spacial score (nSPS) is 10.6. The highest BCUT2D eigenvalue weighted by Gasteiger charge is 2.04. The number of aromatic nitrogens is 3. The number of anilines is 1. The van der Waals surface area contributed by atoms with E-state index in [-0.39, 0.29) is 12.4 Å². The number of hydrogen-bond donors (Lipinski definition) is 4. The summed E-state index contributed by atoms with van der Waals surface area (Å²) < 4.78 is 0.941. The Morgan fingerprint density at radius 3 is 2.73 bits per heavy atom. The molecule has 0 unspecified atom stereocenters. The number of nitrogens with one attached hydrogen (secondary N) is 4. The Morgan fingerprint density at radius 2 is 2.05 bits per heavy atom. The van der Waals surface area contributed by atoms with Crippen LogP contribution in [0.15, 0.2) is 43.4 Å². The molecule has 0 aliphatic carbocycles. The van der Waals surface area contributed by atoms with Gasteiger partial charge in [-0.3, -0.25) is 14.6 Å². The fraction of sp³-hybridized carbons (Fsp3) is 0.0833. The van der Waals surface area contributed by atoms with Crippen molar-refractivity contribution < 1.29 is 4.79 Å². The molecule has 0 saturated heterocycles. The van der Waals surface area contributed by atoms with Crippen LogP contribution in [0.2, 0.25) is 0 Å². The number of benzene rings is 1. The summed E-state index contributed by atoms with van der Waals surface area (Å²) >= 11 is 3.31. The van der Waals surface area contributed by atoms with Gasteiger partial charge in [0.1, 0.15) is 0 Å². The fourth-order valence-electron chi connectivity index (χ4n) is 1.40. The maximum Gasteiger partial charge on any atom is 0.342 e. The first-order chi connectivity index (χ1) is 10.5. The minimum Gasteiger partial charge on any atom is -0.355 e. The SMILES string of the molecule is O=C(CNc1n[nH]c(=O)[nH]c1=O)N/N=C/c1ccc(Br)cc1. The molecule has 22 heavy (non-hydrogen) atoms. The van der Waals surface area contributed by atoms with Crippen LogP contribution in [0.5, 0.6) is 0 Å². The summed E-state index contributed by atoms with van der Waals surface area (Å²) in [5, 5.41) is 11.8. The first-order valence-electron chi connectivity index (χ1n) is 6.05. The minimum absolute atomic E-state index is 0.161. The lowest BCUT2D eigenvalue weighted by Gasteiger charge is -2.02. The molecule has 1 aromatic carbocycles. The number of hydrazone groups is 1. The van der Waals surface area contributed by atoms with Crippen LogP contribution in [0.4, 0.5) is 5.82 Å². The molecule has 0 atom stereocenters. The zero-order valence-corrected chi connectivity index (χ0v) is 12.7. The van der Waals surface area contributed by atoms with Gasteiger partial charge in [-0.1, -0.05) is 28.1 Å². The second-order valence-corrected chi connectivity index (χ2v) is 4.97. The Morgan fingerprint density at radius 1 is 1.32 bits per heavy atom. The molecule has 0 aliphatic heterocycles. The molecule has 4 N–H and O–H groups in total. The van der Waals surface area contributed by atoms with Crippen molar-refractivity contribution >= 4 is 33.9 Å². The molecule has 0 bridgehead atoms. The molecule has 0 spiro atoms. The van der Waals surface area contributed by atoms with Gasteiger partial charge in [-0.2, -0.15) is 5.10 Å². The third-order valence-electron chi connectivity index (χ3n) is 2.40. The van der Waals surface area contributed by atoms with E-state index in [1.165, 1.54) is 6.21 Å². The van der Waals surface area contributed by atoms with Gasteiger partial charge in [0.05, 0.1) is 12.8 Å². The Kier molecular flexibility index (Phi) is 5.20. The van der Waals surface area contributed by atoms with Crippen molar-refractivity contribution in [1.29, 1.82) is 0 Å². The molecule has 0 aliphatic rings. The number of carbonyl (C=O) groups excluding carboxylic acids is 1. The lowest BCUT2D eigenvalue weighted by molar-refractivity contribution is -0.119. The average molecular weight is 367 g/mol. The van der Waals surface area contributed by atoms with Crippen LogP contribution in [-0.4, -0.2) is 33.8 Å². The van der Waals surface area contributed by atoms with Gasteiger partial charge in [0.25, 0.3) is 11.5 Å². The van der Waals surface area contributed by atoms with Crippen molar-refractivity contribution in [3.63, 3.8) is 0 Å². The van der Waals surface area contributed by atoms with E-state index in [0.29, 0.717) is 0 Å². The van der Waals surface area contributed by atoms with Crippen molar-refractivity contribution in [2.24, 2.45) is 5.10 Å². The van der Waals surface area contributed by atoms with E-state index >= 15 is 0 Å². The second kappa shape index (κ2) is 7.31. The first kappa shape index (κ1) is 15.6. The summed E-state index contributed by atoms with van der Waals surface area (Å²) in [6.07, 6.45) is 1.48. The largest absolute Gasteiger partial charge is 0.355 e. The fourth-order valence-corrected chi connectivity index (χ4v) is 1.66. The molecule has 2 aromatic rings. The van der Waals surface area contributed by atoms with E-state index in [9.17, 15) is 14.4 Å². The second-order valence-electron chi connectivity index (χ2n) is 4.05. The highest BCUT2D eigenvalue weighted by molar-refractivity contribution is 9.10. The molecule has 0 fully saturated rings. The number of hydrogen-bond acceptors (Lipinski definition) is 6. The van der Waals surface area contributed by atoms with E-state index in [4.69, 9.17) is 0 Å². The van der Waals surface area contributed by atoms with Crippen LogP contribution in [0.3, 0.4) is 0 Å². The van der Waals surface area contributed by atoms with Crippen LogP contribution in [0.1, 0.15) is 5.56 Å². The summed E-state index contributed by atoms with van der Waals surface area (Å²) in [4.78, 5) is 35.6. The number of amides is 1. The summed E-state index contributed by atoms with van der Waals surface area (Å²) in [5.41, 5.74) is 1.67. The predicted octanol–water partition coefficient (Wildman–Crippen LogP) is -0.217. The molecule has 1 heterocycles. The Balaban J connectivity index is 1.84. The zero-order chi connectivity index (χ0) is 15.9. The van der Waals surface area contributed by atoms with Crippen molar-refractivity contribution in [1.82, 2.24) is 20.6 Å². The zero-order valence-electron chi connectivity index (χ0n) is 11.1. The topological polar surface area (TPSA) is 132 Å². The summed E-state index contributed by atoms with van der Waals surface area (Å²) in [6, 6.07) is 7.33. The van der Waals surface area contributed by atoms with Gasteiger partial charge in [-0.25, -0.2) is 15.3 Å². The van der Waals surface area contributed by atoms with E-state index in [2.05, 4.69) is 36.9 Å². The quantitative estimate of drug-likeness (QED) is 0.429. The molecule has 0 radical (unpaired) electrons. The van der Waals surface area contributed by atoms with Gasteiger partial charge in [0.15, 0.2) is 0 Å². The lowest BCUT2D eigenvalue weighted by Crippen LogP contribution is -2.31. The number of halogens is 1. The van der Waals surface area contributed by atoms with Gasteiger partial charge < -0.3 is 5.32 Å². The third-order valence-corrected chi connectivity index (χ3v) is 2.93. The molecular weight excluding hydrogens is 356 g/mol. The Bertz CT molecular complexity index is 795. The summed E-state index contributed by atoms with van der Waals surface area (Å²) in [7, 11) is 0. The molecule has 2 rings (SSSR count).